The summed E-state index contributed by atoms with van der Waals surface area (Å²) in [4.78, 5) is 13.6. The Balaban J connectivity index is 2.30. The minimum atomic E-state index is 0.321. The van der Waals surface area contributed by atoms with E-state index >= 15 is 0 Å². The summed E-state index contributed by atoms with van der Waals surface area (Å²) in [5.74, 6) is 2.93. The van der Waals surface area contributed by atoms with Gasteiger partial charge in [-0.05, 0) is 19.3 Å². The smallest absolute Gasteiger partial charge is 0.222 e. The molecule has 1 fully saturated rings. The summed E-state index contributed by atoms with van der Waals surface area (Å²) >= 11 is 0. The van der Waals surface area contributed by atoms with Crippen LogP contribution in [0.3, 0.4) is 0 Å². The first-order valence-electron chi connectivity index (χ1n) is 5.56. The molecule has 0 aromatic carbocycles. The van der Waals surface area contributed by atoms with Crippen molar-refractivity contribution >= 4 is 5.91 Å². The van der Waals surface area contributed by atoms with Gasteiger partial charge in [-0.15, -0.1) is 12.3 Å². The summed E-state index contributed by atoms with van der Waals surface area (Å²) < 4.78 is 0. The zero-order valence-electron chi connectivity index (χ0n) is 8.80. The van der Waals surface area contributed by atoms with Crippen LogP contribution >= 0.6 is 0 Å². The molecule has 0 bridgehead atoms. The fraction of sp³-hybridized carbons (Fsp3) is 0.750. The van der Waals surface area contributed by atoms with Gasteiger partial charge in [-0.1, -0.05) is 12.8 Å². The van der Waals surface area contributed by atoms with Crippen LogP contribution in [0.25, 0.3) is 0 Å². The van der Waals surface area contributed by atoms with Crippen molar-refractivity contribution in [2.24, 2.45) is 0 Å². The standard InChI is InChI=1S/C12H19NO/c1-2-3-7-10-13-11-8-5-4-6-9-12(13)14/h1H,3-11H2. The first-order valence-corrected chi connectivity index (χ1v) is 5.56. The first-order chi connectivity index (χ1) is 6.84. The quantitative estimate of drug-likeness (QED) is 0.497. The molecule has 0 aliphatic carbocycles. The molecule has 0 aromatic rings. The highest BCUT2D eigenvalue weighted by atomic mass is 16.2. The van der Waals surface area contributed by atoms with E-state index in [0.717, 1.165) is 45.2 Å². The summed E-state index contributed by atoms with van der Waals surface area (Å²) in [6.07, 6.45) is 12.3. The van der Waals surface area contributed by atoms with Crippen LogP contribution < -0.4 is 0 Å². The Labute approximate surface area is 86.7 Å². The van der Waals surface area contributed by atoms with E-state index in [2.05, 4.69) is 5.92 Å². The number of likely N-dealkylation sites (tertiary alicyclic amines) is 1. The summed E-state index contributed by atoms with van der Waals surface area (Å²) in [5, 5.41) is 0. The second-order valence-electron chi connectivity index (χ2n) is 3.85. The molecule has 1 aliphatic rings. The summed E-state index contributed by atoms with van der Waals surface area (Å²) in [6, 6.07) is 0. The molecule has 2 heteroatoms. The van der Waals surface area contributed by atoms with Gasteiger partial charge in [0.2, 0.25) is 5.91 Å². The highest BCUT2D eigenvalue weighted by Crippen LogP contribution is 2.12. The predicted octanol–water partition coefficient (Wildman–Crippen LogP) is 2.19. The van der Waals surface area contributed by atoms with Gasteiger partial charge >= 0.3 is 0 Å². The Morgan fingerprint density at radius 3 is 2.86 bits per heavy atom. The molecule has 0 saturated carbocycles. The third kappa shape index (κ3) is 3.83. The van der Waals surface area contributed by atoms with Gasteiger partial charge in [0.05, 0.1) is 0 Å². The highest BCUT2D eigenvalue weighted by Gasteiger charge is 2.14. The molecule has 1 saturated heterocycles. The number of hydrogen-bond donors (Lipinski definition) is 0. The molecule has 78 valence electrons. The second kappa shape index (κ2) is 6.48. The van der Waals surface area contributed by atoms with E-state index < -0.39 is 0 Å². The molecule has 1 rings (SSSR count). The number of amides is 1. The van der Waals surface area contributed by atoms with Crippen molar-refractivity contribution in [1.82, 2.24) is 4.90 Å². The third-order valence-corrected chi connectivity index (χ3v) is 2.67. The van der Waals surface area contributed by atoms with Crippen LogP contribution in [0.1, 0.15) is 44.9 Å². The number of carbonyl (C=O) groups is 1. The summed E-state index contributed by atoms with van der Waals surface area (Å²) in [7, 11) is 0. The highest BCUT2D eigenvalue weighted by molar-refractivity contribution is 5.76. The molecule has 1 aliphatic heterocycles. The third-order valence-electron chi connectivity index (χ3n) is 2.67. The van der Waals surface area contributed by atoms with Gasteiger partial charge in [-0.25, -0.2) is 0 Å². The van der Waals surface area contributed by atoms with Crippen LogP contribution in [-0.4, -0.2) is 23.9 Å². The maximum Gasteiger partial charge on any atom is 0.222 e. The predicted molar refractivity (Wildman–Crippen MR) is 57.7 cm³/mol. The van der Waals surface area contributed by atoms with Crippen molar-refractivity contribution in [3.63, 3.8) is 0 Å². The van der Waals surface area contributed by atoms with Crippen LogP contribution in [0, 0.1) is 12.3 Å². The van der Waals surface area contributed by atoms with E-state index in [4.69, 9.17) is 6.42 Å². The maximum absolute atomic E-state index is 11.6. The van der Waals surface area contributed by atoms with Gasteiger partial charge in [-0.2, -0.15) is 0 Å². The second-order valence-corrected chi connectivity index (χ2v) is 3.85. The first kappa shape index (κ1) is 11.1. The van der Waals surface area contributed by atoms with Crippen LogP contribution in [0.4, 0.5) is 0 Å². The van der Waals surface area contributed by atoms with Crippen LogP contribution in [0.15, 0.2) is 0 Å². The molecular weight excluding hydrogens is 174 g/mol. The topological polar surface area (TPSA) is 20.3 Å². The fourth-order valence-corrected chi connectivity index (χ4v) is 1.82. The lowest BCUT2D eigenvalue weighted by molar-refractivity contribution is -0.131. The van der Waals surface area contributed by atoms with Gasteiger partial charge in [0, 0.05) is 25.9 Å². The largest absolute Gasteiger partial charge is 0.343 e. The van der Waals surface area contributed by atoms with Crippen molar-refractivity contribution in [3.8, 4) is 12.3 Å². The van der Waals surface area contributed by atoms with Gasteiger partial charge in [-0.3, -0.25) is 4.79 Å². The lowest BCUT2D eigenvalue weighted by Crippen LogP contribution is -2.33. The molecule has 2 nitrogen and oxygen atoms in total. The average Bonchev–Trinajstić information content (AvgIpc) is 2.17. The molecule has 0 atom stereocenters. The lowest BCUT2D eigenvalue weighted by Gasteiger charge is -2.24. The van der Waals surface area contributed by atoms with Gasteiger partial charge in [0.1, 0.15) is 0 Å². The van der Waals surface area contributed by atoms with Crippen molar-refractivity contribution < 1.29 is 4.79 Å². The molecule has 1 heterocycles. The summed E-state index contributed by atoms with van der Waals surface area (Å²) in [5.41, 5.74) is 0. The minimum absolute atomic E-state index is 0.321. The van der Waals surface area contributed by atoms with Crippen molar-refractivity contribution in [1.29, 1.82) is 0 Å². The van der Waals surface area contributed by atoms with E-state index in [0.29, 0.717) is 5.91 Å². The zero-order chi connectivity index (χ0) is 10.2. The Hall–Kier alpha value is -0.970. The Kier molecular flexibility index (Phi) is 5.14. The lowest BCUT2D eigenvalue weighted by atomic mass is 10.1. The number of hydrogen-bond acceptors (Lipinski definition) is 1. The van der Waals surface area contributed by atoms with Crippen molar-refractivity contribution in [2.75, 3.05) is 13.1 Å². The normalized spacial score (nSPS) is 18.5. The number of rotatable bonds is 3. The van der Waals surface area contributed by atoms with E-state index in [9.17, 15) is 4.79 Å². The molecule has 0 unspecified atom stereocenters. The van der Waals surface area contributed by atoms with Gasteiger partial charge in [0.25, 0.3) is 0 Å². The fourth-order valence-electron chi connectivity index (χ4n) is 1.82. The number of terminal acetylenes is 1. The molecule has 0 aromatic heterocycles. The van der Waals surface area contributed by atoms with E-state index in [1.165, 1.54) is 12.8 Å². The van der Waals surface area contributed by atoms with Crippen molar-refractivity contribution in [3.05, 3.63) is 0 Å². The SMILES string of the molecule is C#CCCCN1CCCCCCC1=O. The average molecular weight is 193 g/mol. The van der Waals surface area contributed by atoms with E-state index in [1.54, 1.807) is 0 Å². The van der Waals surface area contributed by atoms with Crippen LogP contribution in [0.2, 0.25) is 0 Å². The molecule has 0 spiro atoms. The zero-order valence-corrected chi connectivity index (χ0v) is 8.80. The molecule has 1 amide bonds. The van der Waals surface area contributed by atoms with E-state index in [-0.39, 0.29) is 0 Å². The Morgan fingerprint density at radius 1 is 1.29 bits per heavy atom. The Morgan fingerprint density at radius 2 is 2.07 bits per heavy atom. The molecule has 14 heavy (non-hydrogen) atoms. The number of carbonyl (C=O) groups excluding carboxylic acids is 1. The van der Waals surface area contributed by atoms with Gasteiger partial charge in [0.15, 0.2) is 0 Å². The summed E-state index contributed by atoms with van der Waals surface area (Å²) in [6.45, 7) is 1.78. The van der Waals surface area contributed by atoms with E-state index in [1.807, 2.05) is 4.90 Å². The number of nitrogens with zero attached hydrogens (tertiary/aromatic N) is 1. The monoisotopic (exact) mass is 193 g/mol. The molecule has 0 radical (unpaired) electrons. The molecular formula is C12H19NO. The molecule has 0 N–H and O–H groups in total. The maximum atomic E-state index is 11.6. The van der Waals surface area contributed by atoms with Gasteiger partial charge < -0.3 is 4.90 Å². The minimum Gasteiger partial charge on any atom is -0.343 e. The number of unbranched alkanes of at least 4 members (excludes halogenated alkanes) is 1. The van der Waals surface area contributed by atoms with Crippen molar-refractivity contribution in [2.45, 2.75) is 44.9 Å². The Bertz CT molecular complexity index is 217. The van der Waals surface area contributed by atoms with Crippen LogP contribution in [-0.2, 0) is 4.79 Å². The van der Waals surface area contributed by atoms with Crippen LogP contribution in [0.5, 0.6) is 0 Å².